The molecule has 0 unspecified atom stereocenters. The summed E-state index contributed by atoms with van der Waals surface area (Å²) in [7, 11) is -5.67. The van der Waals surface area contributed by atoms with Crippen LogP contribution in [0.25, 0.3) is 0 Å². The van der Waals surface area contributed by atoms with Crippen LogP contribution in [0.1, 0.15) is 0 Å². The molecule has 0 aliphatic heterocycles. The van der Waals surface area contributed by atoms with Gasteiger partial charge >= 0.3 is 0 Å². The largest absolute Gasteiger partial charge is 0.495 e. The van der Waals surface area contributed by atoms with E-state index in [-0.39, 0.29) is 5.69 Å². The quantitative estimate of drug-likeness (QED) is 0.812. The number of benzene rings is 1. The van der Waals surface area contributed by atoms with Gasteiger partial charge in [0.2, 0.25) is 10.0 Å². The van der Waals surface area contributed by atoms with Crippen LogP contribution in [-0.2, 0) is 19.9 Å². The molecule has 19 heavy (non-hydrogen) atoms. The maximum atomic E-state index is 11.8. The first-order valence-corrected chi connectivity index (χ1v) is 9.65. The average Bonchev–Trinajstić information content (AvgIpc) is 2.26. The van der Waals surface area contributed by atoms with Gasteiger partial charge in [0.1, 0.15) is 15.6 Å². The maximum Gasteiger partial charge on any atom is 0.233 e. The molecule has 0 fully saturated rings. The molecule has 0 aliphatic rings. The smallest absolute Gasteiger partial charge is 0.233 e. The predicted molar refractivity (Wildman–Crippen MR) is 77.8 cm³/mol. The molecule has 0 aromatic heterocycles. The Morgan fingerprint density at radius 3 is 2.37 bits per heavy atom. The summed E-state index contributed by atoms with van der Waals surface area (Å²) in [5.41, 5.74) is 0.255. The molecule has 9 heteroatoms. The van der Waals surface area contributed by atoms with E-state index < -0.39 is 31.4 Å². The second kappa shape index (κ2) is 6.10. The monoisotopic (exact) mass is 371 g/mol. The van der Waals surface area contributed by atoms with Crippen LogP contribution >= 0.6 is 15.9 Å². The molecule has 1 N–H and O–H groups in total. The molecule has 0 saturated heterocycles. The highest BCUT2D eigenvalue weighted by Crippen LogP contribution is 2.28. The van der Waals surface area contributed by atoms with Gasteiger partial charge in [-0.15, -0.1) is 0 Å². The van der Waals surface area contributed by atoms with Crippen LogP contribution < -0.4 is 9.46 Å². The van der Waals surface area contributed by atoms with Gasteiger partial charge < -0.3 is 4.74 Å². The molecule has 0 saturated carbocycles. The molecule has 1 rings (SSSR count). The summed E-state index contributed by atoms with van der Waals surface area (Å²) < 4.78 is 53.5. The topological polar surface area (TPSA) is 89.5 Å². The summed E-state index contributed by atoms with van der Waals surface area (Å²) in [6.45, 7) is 0. The number of methoxy groups -OCH3 is 1. The number of rotatable bonds is 6. The van der Waals surface area contributed by atoms with Gasteiger partial charge in [-0.3, -0.25) is 4.72 Å². The van der Waals surface area contributed by atoms with E-state index >= 15 is 0 Å². The highest BCUT2D eigenvalue weighted by molar-refractivity contribution is 9.10. The van der Waals surface area contributed by atoms with E-state index in [0.29, 0.717) is 10.2 Å². The second-order valence-corrected chi connectivity index (χ2v) is 8.91. The summed E-state index contributed by atoms with van der Waals surface area (Å²) in [6.07, 6.45) is 0.988. The van der Waals surface area contributed by atoms with Gasteiger partial charge in [0.15, 0.2) is 0 Å². The van der Waals surface area contributed by atoms with Crippen molar-refractivity contribution >= 4 is 41.5 Å². The van der Waals surface area contributed by atoms with E-state index in [0.717, 1.165) is 6.26 Å². The Balaban J connectivity index is 2.92. The molecule has 0 aliphatic carbocycles. The molecule has 0 amide bonds. The first kappa shape index (κ1) is 16.3. The number of hydrogen-bond acceptors (Lipinski definition) is 5. The number of nitrogens with one attached hydrogen (secondary N) is 1. The standard InChI is InChI=1S/C10H14BrNO5S2/c1-17-10-4-3-8(11)7-9(10)12-19(15,16)6-5-18(2,13)14/h3-4,7,12H,5-6H2,1-2H3. The minimum Gasteiger partial charge on any atom is -0.495 e. The minimum atomic E-state index is -3.75. The van der Waals surface area contributed by atoms with Gasteiger partial charge in [0.25, 0.3) is 0 Å². The van der Waals surface area contributed by atoms with Crippen LogP contribution in [0, 0.1) is 0 Å². The van der Waals surface area contributed by atoms with E-state index in [2.05, 4.69) is 20.7 Å². The summed E-state index contributed by atoms with van der Waals surface area (Å²) in [5.74, 6) is -0.578. The highest BCUT2D eigenvalue weighted by Gasteiger charge is 2.16. The first-order valence-electron chi connectivity index (χ1n) is 5.15. The van der Waals surface area contributed by atoms with Crippen molar-refractivity contribution in [2.45, 2.75) is 0 Å². The molecule has 1 aromatic rings. The number of sulfone groups is 1. The maximum absolute atomic E-state index is 11.8. The van der Waals surface area contributed by atoms with Gasteiger partial charge in [-0.1, -0.05) is 15.9 Å². The van der Waals surface area contributed by atoms with Gasteiger partial charge in [-0.25, -0.2) is 16.8 Å². The fourth-order valence-corrected chi connectivity index (χ4v) is 4.29. The minimum absolute atomic E-state index is 0.255. The molecule has 6 nitrogen and oxygen atoms in total. The number of ether oxygens (including phenoxy) is 1. The van der Waals surface area contributed by atoms with Crippen LogP contribution in [0.3, 0.4) is 0 Å². The molecule has 0 radical (unpaired) electrons. The predicted octanol–water partition coefficient (Wildman–Crippen LogP) is 1.24. The van der Waals surface area contributed by atoms with E-state index in [1.165, 1.54) is 13.2 Å². The van der Waals surface area contributed by atoms with Crippen molar-refractivity contribution in [3.8, 4) is 5.75 Å². The van der Waals surface area contributed by atoms with Gasteiger partial charge in [0.05, 0.1) is 24.3 Å². The van der Waals surface area contributed by atoms with Crippen LogP contribution in [0.5, 0.6) is 5.75 Å². The molecule has 0 spiro atoms. The number of anilines is 1. The summed E-state index contributed by atoms with van der Waals surface area (Å²) in [4.78, 5) is 0. The molecule has 0 bridgehead atoms. The van der Waals surface area contributed by atoms with Crippen molar-refractivity contribution in [2.75, 3.05) is 29.6 Å². The van der Waals surface area contributed by atoms with E-state index in [1.54, 1.807) is 12.1 Å². The fourth-order valence-electron chi connectivity index (χ4n) is 1.24. The van der Waals surface area contributed by atoms with E-state index in [4.69, 9.17) is 4.74 Å². The summed E-state index contributed by atoms with van der Waals surface area (Å²) in [5, 5.41) is 0. The van der Waals surface area contributed by atoms with Crippen molar-refractivity contribution in [1.82, 2.24) is 0 Å². The van der Waals surface area contributed by atoms with Crippen LogP contribution in [0.4, 0.5) is 5.69 Å². The lowest BCUT2D eigenvalue weighted by molar-refractivity contribution is 0.417. The normalized spacial score (nSPS) is 12.2. The van der Waals surface area contributed by atoms with E-state index in [1.807, 2.05) is 0 Å². The van der Waals surface area contributed by atoms with Crippen molar-refractivity contribution in [3.05, 3.63) is 22.7 Å². The third-order valence-electron chi connectivity index (χ3n) is 2.15. The van der Waals surface area contributed by atoms with Crippen molar-refractivity contribution in [3.63, 3.8) is 0 Å². The highest BCUT2D eigenvalue weighted by atomic mass is 79.9. The second-order valence-electron chi connectivity index (χ2n) is 3.90. The van der Waals surface area contributed by atoms with Crippen LogP contribution in [-0.4, -0.2) is 41.7 Å². The Labute approximate surface area is 121 Å². The van der Waals surface area contributed by atoms with Gasteiger partial charge in [0, 0.05) is 10.7 Å². The van der Waals surface area contributed by atoms with Crippen molar-refractivity contribution in [2.24, 2.45) is 0 Å². The molecule has 108 valence electrons. The molecule has 1 aromatic carbocycles. The van der Waals surface area contributed by atoms with Gasteiger partial charge in [-0.05, 0) is 18.2 Å². The SMILES string of the molecule is COc1ccc(Br)cc1NS(=O)(=O)CCS(C)(=O)=O. The zero-order chi connectivity index (χ0) is 14.7. The first-order chi connectivity index (χ1) is 8.63. The lowest BCUT2D eigenvalue weighted by Gasteiger charge is -2.11. The van der Waals surface area contributed by atoms with Crippen LogP contribution in [0.15, 0.2) is 22.7 Å². The number of hydrogen-bond donors (Lipinski definition) is 1. The fraction of sp³-hybridized carbons (Fsp3) is 0.400. The van der Waals surface area contributed by atoms with Gasteiger partial charge in [-0.2, -0.15) is 0 Å². The zero-order valence-corrected chi connectivity index (χ0v) is 13.6. The Bertz CT molecular complexity index is 654. The summed E-state index contributed by atoms with van der Waals surface area (Å²) >= 11 is 3.22. The Morgan fingerprint density at radius 2 is 1.84 bits per heavy atom. The van der Waals surface area contributed by atoms with E-state index in [9.17, 15) is 16.8 Å². The van der Waals surface area contributed by atoms with Crippen molar-refractivity contribution in [1.29, 1.82) is 0 Å². The van der Waals surface area contributed by atoms with Crippen molar-refractivity contribution < 1.29 is 21.6 Å². The zero-order valence-electron chi connectivity index (χ0n) is 10.4. The molecular weight excluding hydrogens is 358 g/mol. The Hall–Kier alpha value is -0.800. The summed E-state index contributed by atoms with van der Waals surface area (Å²) in [6, 6.07) is 4.84. The molecule has 0 atom stereocenters. The average molecular weight is 372 g/mol. The number of halogens is 1. The molecule has 0 heterocycles. The third-order valence-corrected chi connectivity index (χ3v) is 5.12. The lowest BCUT2D eigenvalue weighted by atomic mass is 10.3. The molecular formula is C10H14BrNO5S2. The third kappa shape index (κ3) is 5.79. The lowest BCUT2D eigenvalue weighted by Crippen LogP contribution is -2.22. The Kier molecular flexibility index (Phi) is 5.22. The Morgan fingerprint density at radius 1 is 1.21 bits per heavy atom. The van der Waals surface area contributed by atoms with Crippen LogP contribution in [0.2, 0.25) is 0 Å². The number of sulfonamides is 1.